The zero-order chi connectivity index (χ0) is 42.9. The predicted octanol–water partition coefficient (Wildman–Crippen LogP) is 7.25. The molecule has 1 aromatic heterocycles. The van der Waals surface area contributed by atoms with E-state index in [1.165, 1.54) is 32.4 Å². The second kappa shape index (κ2) is 20.2. The van der Waals surface area contributed by atoms with Crippen molar-refractivity contribution in [2.45, 2.75) is 82.8 Å². The molecule has 3 aromatic carbocycles. The number of carbonyl (C=O) groups excluding carboxylic acids is 3. The Morgan fingerprint density at radius 2 is 1.66 bits per heavy atom. The SMILES string of the molecule is COc1cc(N2CCC(NCCCCCCCc3cccc4c3CN(C3CCC(=O)NC3=O)C4=O)CC2)ccc1Nc1ncc(Cl)c(Nc2ccccc2P(=O)(OC)OC)n1. The third-order valence-corrected chi connectivity index (χ3v) is 13.9. The number of amides is 3. The molecular weight excluding hydrogens is 819 g/mol. The van der Waals surface area contributed by atoms with E-state index in [0.29, 0.717) is 58.8 Å². The number of nitrogens with zero attached hydrogens (tertiary/aromatic N) is 4. The summed E-state index contributed by atoms with van der Waals surface area (Å²) in [6.07, 6.45) is 10.8. The number of halogens is 1. The van der Waals surface area contributed by atoms with Gasteiger partial charge in [0.2, 0.25) is 17.8 Å². The first kappa shape index (κ1) is 44.0. The van der Waals surface area contributed by atoms with Gasteiger partial charge in [-0.15, -0.1) is 0 Å². The maximum atomic E-state index is 13.2. The van der Waals surface area contributed by atoms with Crippen LogP contribution in [0.2, 0.25) is 5.02 Å². The molecule has 4 N–H and O–H groups in total. The van der Waals surface area contributed by atoms with Crippen molar-refractivity contribution in [2.75, 3.05) is 56.5 Å². The number of hydrogen-bond donors (Lipinski definition) is 4. The topological polar surface area (TPSA) is 176 Å². The van der Waals surface area contributed by atoms with E-state index in [0.717, 1.165) is 75.8 Å². The number of imide groups is 1. The Balaban J connectivity index is 0.823. The number of nitrogens with one attached hydrogen (secondary N) is 4. The molecule has 2 saturated heterocycles. The van der Waals surface area contributed by atoms with E-state index in [1.54, 1.807) is 36.3 Å². The molecule has 324 valence electrons. The van der Waals surface area contributed by atoms with Gasteiger partial charge in [0.1, 0.15) is 16.8 Å². The molecule has 7 rings (SSSR count). The maximum absolute atomic E-state index is 13.2. The summed E-state index contributed by atoms with van der Waals surface area (Å²) in [5, 5.41) is 13.2. The summed E-state index contributed by atoms with van der Waals surface area (Å²) in [6.45, 7) is 3.30. The summed E-state index contributed by atoms with van der Waals surface area (Å²) >= 11 is 6.47. The van der Waals surface area contributed by atoms with Crippen LogP contribution in [0.5, 0.6) is 5.75 Å². The Bertz CT molecular complexity index is 2260. The molecule has 4 heterocycles. The van der Waals surface area contributed by atoms with E-state index in [2.05, 4.69) is 48.3 Å². The van der Waals surface area contributed by atoms with Crippen LogP contribution in [-0.2, 0) is 36.2 Å². The van der Waals surface area contributed by atoms with Gasteiger partial charge >= 0.3 is 7.60 Å². The normalized spacial score (nSPS) is 17.0. The summed E-state index contributed by atoms with van der Waals surface area (Å²) in [5.74, 6) is 0.483. The minimum Gasteiger partial charge on any atom is -0.494 e. The average molecular weight is 873 g/mol. The van der Waals surface area contributed by atoms with Gasteiger partial charge < -0.3 is 39.5 Å². The Kier molecular flexibility index (Phi) is 14.6. The van der Waals surface area contributed by atoms with Crippen LogP contribution in [-0.4, -0.2) is 85.6 Å². The van der Waals surface area contributed by atoms with Crippen LogP contribution in [0.4, 0.5) is 28.8 Å². The minimum atomic E-state index is -3.56. The van der Waals surface area contributed by atoms with Crippen LogP contribution in [0, 0.1) is 0 Å². The van der Waals surface area contributed by atoms with Gasteiger partial charge in [-0.05, 0) is 86.5 Å². The van der Waals surface area contributed by atoms with Crippen LogP contribution in [0.1, 0.15) is 79.3 Å². The molecule has 15 nitrogen and oxygen atoms in total. The van der Waals surface area contributed by atoms with Crippen LogP contribution < -0.4 is 36.2 Å². The molecule has 3 aliphatic rings. The van der Waals surface area contributed by atoms with Crippen molar-refractivity contribution < 1.29 is 32.7 Å². The van der Waals surface area contributed by atoms with E-state index in [-0.39, 0.29) is 29.2 Å². The summed E-state index contributed by atoms with van der Waals surface area (Å²) in [4.78, 5) is 50.2. The highest BCUT2D eigenvalue weighted by molar-refractivity contribution is 7.62. The van der Waals surface area contributed by atoms with Gasteiger partial charge in [-0.1, -0.05) is 55.1 Å². The molecule has 61 heavy (non-hydrogen) atoms. The van der Waals surface area contributed by atoms with Gasteiger partial charge in [0.25, 0.3) is 5.91 Å². The molecule has 3 aliphatic heterocycles. The third kappa shape index (κ3) is 10.4. The van der Waals surface area contributed by atoms with Gasteiger partial charge in [0.15, 0.2) is 5.82 Å². The zero-order valence-electron chi connectivity index (χ0n) is 34.9. The van der Waals surface area contributed by atoms with Crippen molar-refractivity contribution in [2.24, 2.45) is 0 Å². The van der Waals surface area contributed by atoms with E-state index < -0.39 is 13.6 Å². The summed E-state index contributed by atoms with van der Waals surface area (Å²) in [6, 6.07) is 18.8. The largest absolute Gasteiger partial charge is 0.494 e. The molecular formula is C44H54ClN8O7P. The molecule has 0 radical (unpaired) electrons. The average Bonchev–Trinajstić information content (AvgIpc) is 3.62. The lowest BCUT2D eigenvalue weighted by Gasteiger charge is -2.34. The van der Waals surface area contributed by atoms with Gasteiger partial charge in [-0.25, -0.2) is 4.98 Å². The van der Waals surface area contributed by atoms with E-state index in [4.69, 9.17) is 25.4 Å². The Morgan fingerprint density at radius 1 is 0.885 bits per heavy atom. The second-order valence-electron chi connectivity index (χ2n) is 15.5. The van der Waals surface area contributed by atoms with Gasteiger partial charge in [-0.3, -0.25) is 24.3 Å². The number of piperidine rings is 2. The fraction of sp³-hybridized carbons (Fsp3) is 0.432. The Labute approximate surface area is 361 Å². The number of para-hydroxylation sites is 1. The van der Waals surface area contributed by atoms with Crippen LogP contribution in [0.3, 0.4) is 0 Å². The fourth-order valence-corrected chi connectivity index (χ4v) is 9.71. The zero-order valence-corrected chi connectivity index (χ0v) is 36.5. The lowest BCUT2D eigenvalue weighted by Crippen LogP contribution is -2.52. The second-order valence-corrected chi connectivity index (χ2v) is 18.1. The fourth-order valence-electron chi connectivity index (χ4n) is 8.34. The van der Waals surface area contributed by atoms with E-state index in [9.17, 15) is 18.9 Å². The van der Waals surface area contributed by atoms with Gasteiger partial charge in [0.05, 0.1) is 30.0 Å². The molecule has 17 heteroatoms. The number of carbonyl (C=O) groups is 3. The molecule has 1 unspecified atom stereocenters. The molecule has 4 aromatic rings. The highest BCUT2D eigenvalue weighted by Gasteiger charge is 2.39. The van der Waals surface area contributed by atoms with E-state index in [1.807, 2.05) is 24.3 Å². The first-order valence-electron chi connectivity index (χ1n) is 20.9. The summed E-state index contributed by atoms with van der Waals surface area (Å²) in [7, 11) is 0.746. The van der Waals surface area contributed by atoms with Crippen molar-refractivity contribution >= 4 is 71.1 Å². The molecule has 1 atom stereocenters. The smallest absolute Gasteiger partial charge is 0.362 e. The Hall–Kier alpha value is -5.05. The number of unbranched alkanes of at least 4 members (excludes halogenated alkanes) is 4. The lowest BCUT2D eigenvalue weighted by atomic mass is 9.98. The lowest BCUT2D eigenvalue weighted by molar-refractivity contribution is -0.136. The predicted molar refractivity (Wildman–Crippen MR) is 237 cm³/mol. The minimum absolute atomic E-state index is 0.116. The molecule has 0 spiro atoms. The summed E-state index contributed by atoms with van der Waals surface area (Å²) in [5.41, 5.74) is 5.14. The molecule has 2 fully saturated rings. The number of anilines is 5. The summed E-state index contributed by atoms with van der Waals surface area (Å²) < 4.78 is 29.4. The van der Waals surface area contributed by atoms with Gasteiger partial charge in [0, 0.05) is 63.6 Å². The standard InChI is InChI=1S/C44H54ClN8O7P/c1-58-38-26-31(17-18-35(38)49-44-47-27-34(45)41(51-44)48-36-15-8-9-16-39(36)61(57,59-2)60-3)52-24-21-30(22-25-52)46-23-10-6-4-5-7-12-29-13-11-14-32-33(29)28-53(43(32)56)37-19-20-40(54)50-42(37)55/h8-9,11,13-18,26-27,30,37,46H,4-7,10,12,19-25,28H2,1-3H3,(H,50,54,55)(H2,47,48,49,51). The number of hydrogen-bond acceptors (Lipinski definition) is 13. The van der Waals surface area contributed by atoms with Crippen molar-refractivity contribution in [3.05, 3.63) is 88.6 Å². The number of rotatable bonds is 19. The van der Waals surface area contributed by atoms with E-state index >= 15 is 0 Å². The van der Waals surface area contributed by atoms with Crippen LogP contribution in [0.25, 0.3) is 0 Å². The van der Waals surface area contributed by atoms with Crippen LogP contribution >= 0.6 is 19.2 Å². The number of aryl methyl sites for hydroxylation is 1. The first-order chi connectivity index (χ1) is 29.6. The number of methoxy groups -OCH3 is 1. The van der Waals surface area contributed by atoms with Gasteiger partial charge in [-0.2, -0.15) is 4.98 Å². The molecule has 0 bridgehead atoms. The maximum Gasteiger partial charge on any atom is 0.362 e. The molecule has 0 aliphatic carbocycles. The Morgan fingerprint density at radius 3 is 2.43 bits per heavy atom. The first-order valence-corrected chi connectivity index (χ1v) is 22.8. The monoisotopic (exact) mass is 872 g/mol. The highest BCUT2D eigenvalue weighted by Crippen LogP contribution is 2.47. The molecule has 3 amide bonds. The van der Waals surface area contributed by atoms with Crippen molar-refractivity contribution in [1.29, 1.82) is 0 Å². The van der Waals surface area contributed by atoms with Crippen molar-refractivity contribution in [3.8, 4) is 5.75 Å². The third-order valence-electron chi connectivity index (χ3n) is 11.7. The molecule has 0 saturated carbocycles. The number of fused-ring (bicyclic) bond motifs is 1. The van der Waals surface area contributed by atoms with Crippen LogP contribution in [0.15, 0.2) is 66.9 Å². The highest BCUT2D eigenvalue weighted by atomic mass is 35.5. The number of aromatic nitrogens is 2. The number of benzene rings is 3. The quantitative estimate of drug-likeness (QED) is 0.0422. The van der Waals surface area contributed by atoms with Crippen molar-refractivity contribution in [1.82, 2.24) is 25.5 Å². The van der Waals surface area contributed by atoms with Crippen molar-refractivity contribution in [3.63, 3.8) is 0 Å². The number of ether oxygens (including phenoxy) is 1.